The van der Waals surface area contributed by atoms with E-state index in [9.17, 15) is 4.79 Å². The summed E-state index contributed by atoms with van der Waals surface area (Å²) in [5.41, 5.74) is 1.01. The van der Waals surface area contributed by atoms with Crippen molar-refractivity contribution in [1.29, 1.82) is 0 Å². The van der Waals surface area contributed by atoms with Crippen LogP contribution in [0.15, 0.2) is 30.3 Å². The standard InChI is InChI=1S/C14H17NO3/c16-14(18-9-10-4-2-1-3-5-10)12-8-13-11(15-12)6-7-17-13/h1-5,11-13,15H,6-9H2/t11-,12-,13-/m0/s1. The molecule has 96 valence electrons. The molecule has 2 aliphatic rings. The predicted octanol–water partition coefficient (Wildman–Crippen LogP) is 1.25. The number of hydrogen-bond donors (Lipinski definition) is 1. The van der Waals surface area contributed by atoms with Crippen LogP contribution in [-0.2, 0) is 20.9 Å². The van der Waals surface area contributed by atoms with Crippen LogP contribution in [0.25, 0.3) is 0 Å². The van der Waals surface area contributed by atoms with Crippen LogP contribution in [-0.4, -0.2) is 30.8 Å². The van der Waals surface area contributed by atoms with Crippen molar-refractivity contribution in [3.05, 3.63) is 35.9 Å². The summed E-state index contributed by atoms with van der Waals surface area (Å²) in [6.07, 6.45) is 1.92. The van der Waals surface area contributed by atoms with Gasteiger partial charge in [0.15, 0.2) is 0 Å². The fourth-order valence-corrected chi connectivity index (χ4v) is 2.62. The molecule has 4 nitrogen and oxygen atoms in total. The van der Waals surface area contributed by atoms with Crippen molar-refractivity contribution in [2.24, 2.45) is 0 Å². The van der Waals surface area contributed by atoms with Gasteiger partial charge in [-0.2, -0.15) is 0 Å². The lowest BCUT2D eigenvalue weighted by Crippen LogP contribution is -2.36. The Bertz CT molecular complexity index is 408. The van der Waals surface area contributed by atoms with Gasteiger partial charge in [-0.1, -0.05) is 30.3 Å². The Morgan fingerprint density at radius 3 is 3.00 bits per heavy atom. The quantitative estimate of drug-likeness (QED) is 0.817. The molecule has 0 saturated carbocycles. The third-order valence-corrected chi connectivity index (χ3v) is 3.60. The minimum atomic E-state index is -0.205. The van der Waals surface area contributed by atoms with Crippen LogP contribution >= 0.6 is 0 Å². The summed E-state index contributed by atoms with van der Waals surface area (Å²) in [7, 11) is 0. The lowest BCUT2D eigenvalue weighted by atomic mass is 10.1. The molecular weight excluding hydrogens is 230 g/mol. The van der Waals surface area contributed by atoms with Gasteiger partial charge in [0, 0.05) is 19.1 Å². The number of benzene rings is 1. The smallest absolute Gasteiger partial charge is 0.323 e. The second-order valence-corrected chi connectivity index (χ2v) is 4.85. The molecule has 4 heteroatoms. The fourth-order valence-electron chi connectivity index (χ4n) is 2.62. The number of carbonyl (C=O) groups is 1. The first-order valence-electron chi connectivity index (χ1n) is 6.41. The molecule has 1 N–H and O–H groups in total. The Hall–Kier alpha value is -1.39. The van der Waals surface area contributed by atoms with Crippen LogP contribution in [0.2, 0.25) is 0 Å². The Kier molecular flexibility index (Phi) is 3.30. The number of hydrogen-bond acceptors (Lipinski definition) is 4. The maximum Gasteiger partial charge on any atom is 0.323 e. The Morgan fingerprint density at radius 2 is 2.22 bits per heavy atom. The zero-order chi connectivity index (χ0) is 12.4. The van der Waals surface area contributed by atoms with Crippen LogP contribution in [0.1, 0.15) is 18.4 Å². The molecule has 3 atom stereocenters. The molecule has 0 aliphatic carbocycles. The van der Waals surface area contributed by atoms with E-state index in [4.69, 9.17) is 9.47 Å². The van der Waals surface area contributed by atoms with Gasteiger partial charge >= 0.3 is 5.97 Å². The van der Waals surface area contributed by atoms with Crippen molar-refractivity contribution in [2.75, 3.05) is 6.61 Å². The molecule has 3 rings (SSSR count). The average molecular weight is 247 g/mol. The summed E-state index contributed by atoms with van der Waals surface area (Å²) in [6, 6.07) is 9.86. The van der Waals surface area contributed by atoms with E-state index in [2.05, 4.69) is 5.32 Å². The maximum atomic E-state index is 11.9. The second-order valence-electron chi connectivity index (χ2n) is 4.85. The Morgan fingerprint density at radius 1 is 1.39 bits per heavy atom. The summed E-state index contributed by atoms with van der Waals surface area (Å²) in [5, 5.41) is 3.29. The summed E-state index contributed by atoms with van der Waals surface area (Å²) in [5.74, 6) is -0.170. The van der Waals surface area contributed by atoms with Gasteiger partial charge in [-0.15, -0.1) is 0 Å². The fraction of sp³-hybridized carbons (Fsp3) is 0.500. The van der Waals surface area contributed by atoms with Crippen LogP contribution in [0, 0.1) is 0 Å². The molecular formula is C14H17NO3. The lowest BCUT2D eigenvalue weighted by molar-refractivity contribution is -0.147. The summed E-state index contributed by atoms with van der Waals surface area (Å²) >= 11 is 0. The van der Waals surface area contributed by atoms with Gasteiger partial charge in [-0.3, -0.25) is 10.1 Å². The summed E-state index contributed by atoms with van der Waals surface area (Å²) < 4.78 is 10.9. The van der Waals surface area contributed by atoms with Crippen molar-refractivity contribution in [3.8, 4) is 0 Å². The Labute approximate surface area is 106 Å². The number of ether oxygens (including phenoxy) is 2. The third kappa shape index (κ3) is 2.40. The highest BCUT2D eigenvalue weighted by Crippen LogP contribution is 2.25. The molecule has 0 unspecified atom stereocenters. The summed E-state index contributed by atoms with van der Waals surface area (Å²) in [4.78, 5) is 11.9. The zero-order valence-electron chi connectivity index (χ0n) is 10.2. The second kappa shape index (κ2) is 5.08. The van der Waals surface area contributed by atoms with Crippen molar-refractivity contribution >= 4 is 5.97 Å². The molecule has 2 fully saturated rings. The molecule has 2 saturated heterocycles. The highest BCUT2D eigenvalue weighted by atomic mass is 16.5. The first-order chi connectivity index (χ1) is 8.83. The molecule has 2 heterocycles. The van der Waals surface area contributed by atoms with E-state index in [-0.39, 0.29) is 18.1 Å². The van der Waals surface area contributed by atoms with Crippen LogP contribution in [0.5, 0.6) is 0 Å². The largest absolute Gasteiger partial charge is 0.460 e. The minimum Gasteiger partial charge on any atom is -0.460 e. The molecule has 18 heavy (non-hydrogen) atoms. The molecule has 1 aromatic carbocycles. The average Bonchev–Trinajstić information content (AvgIpc) is 2.98. The molecule has 0 amide bonds. The highest BCUT2D eigenvalue weighted by molar-refractivity contribution is 5.76. The molecule has 2 aliphatic heterocycles. The van der Waals surface area contributed by atoms with E-state index in [1.54, 1.807) is 0 Å². The van der Waals surface area contributed by atoms with Gasteiger partial charge < -0.3 is 9.47 Å². The van der Waals surface area contributed by atoms with E-state index < -0.39 is 0 Å². The van der Waals surface area contributed by atoms with E-state index in [0.29, 0.717) is 12.6 Å². The SMILES string of the molecule is O=C(OCc1ccccc1)[C@@H]1C[C@@H]2OCC[C@@H]2N1. The van der Waals surface area contributed by atoms with Crippen molar-refractivity contribution in [1.82, 2.24) is 5.32 Å². The van der Waals surface area contributed by atoms with Gasteiger partial charge in [-0.25, -0.2) is 0 Å². The highest BCUT2D eigenvalue weighted by Gasteiger charge is 2.41. The van der Waals surface area contributed by atoms with Crippen molar-refractivity contribution < 1.29 is 14.3 Å². The molecule has 0 aromatic heterocycles. The molecule has 0 bridgehead atoms. The monoisotopic (exact) mass is 247 g/mol. The normalized spacial score (nSPS) is 30.1. The van der Waals surface area contributed by atoms with Gasteiger partial charge in [0.05, 0.1) is 6.10 Å². The summed E-state index contributed by atoms with van der Waals surface area (Å²) in [6.45, 7) is 1.14. The number of esters is 1. The predicted molar refractivity (Wildman–Crippen MR) is 65.9 cm³/mol. The minimum absolute atomic E-state index is 0.170. The first kappa shape index (κ1) is 11.7. The van der Waals surface area contributed by atoms with E-state index in [0.717, 1.165) is 25.0 Å². The van der Waals surface area contributed by atoms with Crippen molar-refractivity contribution in [3.63, 3.8) is 0 Å². The number of rotatable bonds is 3. The van der Waals surface area contributed by atoms with Gasteiger partial charge in [-0.05, 0) is 12.0 Å². The van der Waals surface area contributed by atoms with Crippen LogP contribution in [0.3, 0.4) is 0 Å². The number of nitrogens with one attached hydrogen (secondary N) is 1. The zero-order valence-corrected chi connectivity index (χ0v) is 10.2. The molecule has 0 radical (unpaired) electrons. The molecule has 1 aromatic rings. The lowest BCUT2D eigenvalue weighted by Gasteiger charge is -2.12. The van der Waals surface area contributed by atoms with E-state index >= 15 is 0 Å². The Balaban J connectivity index is 1.50. The van der Waals surface area contributed by atoms with Gasteiger partial charge in [0.1, 0.15) is 12.6 Å². The first-order valence-corrected chi connectivity index (χ1v) is 6.41. The van der Waals surface area contributed by atoms with Gasteiger partial charge in [0.2, 0.25) is 0 Å². The van der Waals surface area contributed by atoms with Crippen LogP contribution in [0.4, 0.5) is 0 Å². The number of fused-ring (bicyclic) bond motifs is 1. The third-order valence-electron chi connectivity index (χ3n) is 3.60. The van der Waals surface area contributed by atoms with Crippen molar-refractivity contribution in [2.45, 2.75) is 37.6 Å². The maximum absolute atomic E-state index is 11.9. The number of carbonyl (C=O) groups excluding carboxylic acids is 1. The van der Waals surface area contributed by atoms with E-state index in [1.165, 1.54) is 0 Å². The van der Waals surface area contributed by atoms with E-state index in [1.807, 2.05) is 30.3 Å². The van der Waals surface area contributed by atoms with Gasteiger partial charge in [0.25, 0.3) is 0 Å². The topological polar surface area (TPSA) is 47.6 Å². The molecule has 0 spiro atoms. The van der Waals surface area contributed by atoms with Crippen LogP contribution < -0.4 is 5.32 Å².